The quantitative estimate of drug-likeness (QED) is 0.891. The van der Waals surface area contributed by atoms with E-state index in [1.165, 1.54) is 11.3 Å². The number of aliphatic hydroxyl groups is 1. The molecule has 0 bridgehead atoms. The summed E-state index contributed by atoms with van der Waals surface area (Å²) in [7, 11) is 0. The summed E-state index contributed by atoms with van der Waals surface area (Å²) in [5, 5.41) is 10.3. The first kappa shape index (κ1) is 12.5. The smallest absolute Gasteiger partial charge is 0.0762 e. The highest BCUT2D eigenvalue weighted by Crippen LogP contribution is 2.38. The van der Waals surface area contributed by atoms with Crippen molar-refractivity contribution >= 4 is 23.0 Å². The Morgan fingerprint density at radius 3 is 2.68 bits per heavy atom. The summed E-state index contributed by atoms with van der Waals surface area (Å²) in [5.74, 6) is 0. The second-order valence-corrected chi connectivity index (χ2v) is 5.32. The number of aliphatic hydroxyl groups excluding tert-OH is 1. The third-order valence-corrected chi connectivity index (χ3v) is 3.93. The molecule has 1 aliphatic rings. The molecule has 3 heteroatoms. The number of anilines is 2. The van der Waals surface area contributed by atoms with Gasteiger partial charge in [-0.2, -0.15) is 0 Å². The van der Waals surface area contributed by atoms with Crippen LogP contribution in [0.15, 0.2) is 42.5 Å². The highest BCUT2D eigenvalue weighted by molar-refractivity contribution is 6.33. The van der Waals surface area contributed by atoms with Gasteiger partial charge in [-0.05, 0) is 42.7 Å². The fourth-order valence-electron chi connectivity index (χ4n) is 2.59. The first-order chi connectivity index (χ1) is 9.16. The zero-order chi connectivity index (χ0) is 13.4. The summed E-state index contributed by atoms with van der Waals surface area (Å²) in [6.45, 7) is 2.70. The average molecular weight is 274 g/mol. The zero-order valence-corrected chi connectivity index (χ0v) is 11.6. The van der Waals surface area contributed by atoms with Gasteiger partial charge >= 0.3 is 0 Å². The Kier molecular flexibility index (Phi) is 3.21. The summed E-state index contributed by atoms with van der Waals surface area (Å²) >= 11 is 6.37. The second kappa shape index (κ2) is 4.87. The SMILES string of the molecule is C[C@H](O)c1ccc(N2CCc3ccccc32)c(Cl)c1. The van der Waals surface area contributed by atoms with Crippen LogP contribution in [0.5, 0.6) is 0 Å². The lowest BCUT2D eigenvalue weighted by Crippen LogP contribution is -2.13. The maximum atomic E-state index is 9.59. The summed E-state index contributed by atoms with van der Waals surface area (Å²) in [4.78, 5) is 2.24. The van der Waals surface area contributed by atoms with Crippen LogP contribution < -0.4 is 4.90 Å². The van der Waals surface area contributed by atoms with Crippen LogP contribution in [0.2, 0.25) is 5.02 Å². The Morgan fingerprint density at radius 1 is 1.16 bits per heavy atom. The van der Waals surface area contributed by atoms with Crippen molar-refractivity contribution in [2.45, 2.75) is 19.4 Å². The molecule has 0 fully saturated rings. The van der Waals surface area contributed by atoms with Crippen LogP contribution in [0.1, 0.15) is 24.2 Å². The largest absolute Gasteiger partial charge is 0.389 e. The number of benzene rings is 2. The van der Waals surface area contributed by atoms with Crippen molar-refractivity contribution in [2.24, 2.45) is 0 Å². The third kappa shape index (κ3) is 2.22. The monoisotopic (exact) mass is 273 g/mol. The Labute approximate surface area is 118 Å². The molecule has 98 valence electrons. The molecule has 3 rings (SSSR count). The van der Waals surface area contributed by atoms with Gasteiger partial charge in [-0.15, -0.1) is 0 Å². The van der Waals surface area contributed by atoms with E-state index in [0.29, 0.717) is 5.02 Å². The molecular weight excluding hydrogens is 258 g/mol. The highest BCUT2D eigenvalue weighted by Gasteiger charge is 2.21. The first-order valence-electron chi connectivity index (χ1n) is 6.50. The highest BCUT2D eigenvalue weighted by atomic mass is 35.5. The van der Waals surface area contributed by atoms with E-state index in [0.717, 1.165) is 24.2 Å². The number of hydrogen-bond acceptors (Lipinski definition) is 2. The van der Waals surface area contributed by atoms with Gasteiger partial charge in [-0.3, -0.25) is 0 Å². The summed E-state index contributed by atoms with van der Waals surface area (Å²) in [6, 6.07) is 14.2. The van der Waals surface area contributed by atoms with Gasteiger partial charge in [0.2, 0.25) is 0 Å². The topological polar surface area (TPSA) is 23.5 Å². The van der Waals surface area contributed by atoms with Crippen molar-refractivity contribution in [2.75, 3.05) is 11.4 Å². The molecule has 2 aromatic rings. The van der Waals surface area contributed by atoms with Gasteiger partial charge in [-0.1, -0.05) is 35.9 Å². The number of fused-ring (bicyclic) bond motifs is 1. The van der Waals surface area contributed by atoms with Crippen molar-refractivity contribution in [3.8, 4) is 0 Å². The van der Waals surface area contributed by atoms with Crippen molar-refractivity contribution < 1.29 is 5.11 Å². The molecular formula is C16H16ClNO. The van der Waals surface area contributed by atoms with Gasteiger partial charge in [-0.25, -0.2) is 0 Å². The van der Waals surface area contributed by atoms with Crippen LogP contribution in [0.4, 0.5) is 11.4 Å². The molecule has 1 atom stereocenters. The van der Waals surface area contributed by atoms with Crippen molar-refractivity contribution in [1.82, 2.24) is 0 Å². The fraction of sp³-hybridized carbons (Fsp3) is 0.250. The molecule has 0 saturated carbocycles. The van der Waals surface area contributed by atoms with Crippen LogP contribution in [-0.4, -0.2) is 11.7 Å². The maximum absolute atomic E-state index is 9.59. The summed E-state index contributed by atoms with van der Waals surface area (Å²) in [6.07, 6.45) is 0.558. The van der Waals surface area contributed by atoms with E-state index >= 15 is 0 Å². The molecule has 0 saturated heterocycles. The van der Waals surface area contributed by atoms with Crippen LogP contribution in [0, 0.1) is 0 Å². The van der Waals surface area contributed by atoms with E-state index in [9.17, 15) is 5.11 Å². The zero-order valence-electron chi connectivity index (χ0n) is 10.8. The van der Waals surface area contributed by atoms with E-state index in [2.05, 4.69) is 29.2 Å². The van der Waals surface area contributed by atoms with Crippen LogP contribution in [0.25, 0.3) is 0 Å². The Bertz CT molecular complexity index is 609. The van der Waals surface area contributed by atoms with E-state index in [-0.39, 0.29) is 0 Å². The van der Waals surface area contributed by atoms with Gasteiger partial charge in [0.05, 0.1) is 16.8 Å². The Hall–Kier alpha value is -1.51. The molecule has 2 aromatic carbocycles. The minimum atomic E-state index is -0.489. The molecule has 19 heavy (non-hydrogen) atoms. The summed E-state index contributed by atoms with van der Waals surface area (Å²) < 4.78 is 0. The fourth-order valence-corrected chi connectivity index (χ4v) is 2.88. The molecule has 0 unspecified atom stereocenters. The lowest BCUT2D eigenvalue weighted by atomic mass is 10.1. The van der Waals surface area contributed by atoms with Crippen LogP contribution in [0.3, 0.4) is 0 Å². The first-order valence-corrected chi connectivity index (χ1v) is 6.87. The molecule has 0 radical (unpaired) electrons. The van der Waals surface area contributed by atoms with Crippen LogP contribution in [-0.2, 0) is 6.42 Å². The average Bonchev–Trinajstić information content (AvgIpc) is 2.82. The van der Waals surface area contributed by atoms with Crippen molar-refractivity contribution in [1.29, 1.82) is 0 Å². The number of hydrogen-bond donors (Lipinski definition) is 1. The standard InChI is InChI=1S/C16H16ClNO/c1-11(19)13-6-7-16(14(17)10-13)18-9-8-12-4-2-3-5-15(12)18/h2-7,10-11,19H,8-9H2,1H3/t11-/m0/s1. The van der Waals surface area contributed by atoms with E-state index in [1.807, 2.05) is 18.2 Å². The van der Waals surface area contributed by atoms with E-state index in [1.54, 1.807) is 6.92 Å². The molecule has 2 nitrogen and oxygen atoms in total. The third-order valence-electron chi connectivity index (χ3n) is 3.63. The van der Waals surface area contributed by atoms with Crippen molar-refractivity contribution in [3.05, 3.63) is 58.6 Å². The molecule has 0 aromatic heterocycles. The van der Waals surface area contributed by atoms with Gasteiger partial charge < -0.3 is 10.0 Å². The normalized spacial score (nSPS) is 15.4. The molecule has 1 N–H and O–H groups in total. The Morgan fingerprint density at radius 2 is 1.95 bits per heavy atom. The lowest BCUT2D eigenvalue weighted by Gasteiger charge is -2.21. The number of rotatable bonds is 2. The minimum Gasteiger partial charge on any atom is -0.389 e. The molecule has 0 spiro atoms. The summed E-state index contributed by atoms with van der Waals surface area (Å²) in [5.41, 5.74) is 4.45. The van der Waals surface area contributed by atoms with Gasteiger partial charge in [0, 0.05) is 12.2 Å². The number of para-hydroxylation sites is 1. The van der Waals surface area contributed by atoms with Crippen molar-refractivity contribution in [3.63, 3.8) is 0 Å². The number of halogens is 1. The van der Waals surface area contributed by atoms with Crippen LogP contribution >= 0.6 is 11.6 Å². The second-order valence-electron chi connectivity index (χ2n) is 4.92. The number of nitrogens with zero attached hydrogens (tertiary/aromatic N) is 1. The van der Waals surface area contributed by atoms with Gasteiger partial charge in [0.15, 0.2) is 0 Å². The van der Waals surface area contributed by atoms with Gasteiger partial charge in [0.25, 0.3) is 0 Å². The lowest BCUT2D eigenvalue weighted by molar-refractivity contribution is 0.199. The van der Waals surface area contributed by atoms with E-state index < -0.39 is 6.10 Å². The predicted octanol–water partition coefficient (Wildman–Crippen LogP) is 4.09. The molecule has 1 aliphatic heterocycles. The predicted molar refractivity (Wildman–Crippen MR) is 79.2 cm³/mol. The molecule has 0 amide bonds. The molecule has 1 heterocycles. The maximum Gasteiger partial charge on any atom is 0.0762 e. The Balaban J connectivity index is 2.00. The molecule has 0 aliphatic carbocycles. The minimum absolute atomic E-state index is 0.489. The van der Waals surface area contributed by atoms with Gasteiger partial charge in [0.1, 0.15) is 0 Å². The van der Waals surface area contributed by atoms with E-state index in [4.69, 9.17) is 11.6 Å².